The highest BCUT2D eigenvalue weighted by atomic mass is 32.1. The summed E-state index contributed by atoms with van der Waals surface area (Å²) in [7, 11) is 0. The van der Waals surface area contributed by atoms with Crippen molar-refractivity contribution in [3.8, 4) is 0 Å². The Labute approximate surface area is 121 Å². The van der Waals surface area contributed by atoms with Crippen molar-refractivity contribution in [2.24, 2.45) is 28.9 Å². The van der Waals surface area contributed by atoms with Gasteiger partial charge in [0.2, 0.25) is 5.91 Å². The Morgan fingerprint density at radius 2 is 2.00 bits per heavy atom. The summed E-state index contributed by atoms with van der Waals surface area (Å²) in [6, 6.07) is 0. The van der Waals surface area contributed by atoms with E-state index >= 15 is 0 Å². The lowest BCUT2D eigenvalue weighted by atomic mass is 9.62. The zero-order valence-electron chi connectivity index (χ0n) is 12.1. The third kappa shape index (κ3) is 3.10. The molecule has 0 spiro atoms. The Morgan fingerprint density at radius 3 is 2.53 bits per heavy atom. The molecular weight excluding hydrogens is 256 g/mol. The van der Waals surface area contributed by atoms with Crippen LogP contribution in [0.25, 0.3) is 0 Å². The number of hydrogen-bond acceptors (Lipinski definition) is 2. The molecule has 0 aromatic heterocycles. The van der Waals surface area contributed by atoms with E-state index in [0.717, 1.165) is 25.3 Å². The van der Waals surface area contributed by atoms with Crippen molar-refractivity contribution in [3.63, 3.8) is 0 Å². The maximum Gasteiger partial charge on any atom is 0.233 e. The Morgan fingerprint density at radius 1 is 1.32 bits per heavy atom. The predicted molar refractivity (Wildman–Crippen MR) is 81.7 cm³/mol. The van der Waals surface area contributed by atoms with Gasteiger partial charge in [-0.2, -0.15) is 0 Å². The third-order valence-corrected chi connectivity index (χ3v) is 5.29. The molecule has 2 fully saturated rings. The summed E-state index contributed by atoms with van der Waals surface area (Å²) in [4.78, 5) is 12.8. The molecule has 4 heteroatoms. The number of nitrogens with two attached hydrogens (primary N) is 1. The average Bonchev–Trinajstić information content (AvgIpc) is 2.31. The molecule has 2 saturated carbocycles. The molecule has 19 heavy (non-hydrogen) atoms. The van der Waals surface area contributed by atoms with Gasteiger partial charge in [0.15, 0.2) is 0 Å². The number of carbonyl (C=O) groups is 1. The smallest absolute Gasteiger partial charge is 0.233 e. The lowest BCUT2D eigenvalue weighted by Gasteiger charge is -2.44. The van der Waals surface area contributed by atoms with Crippen molar-refractivity contribution in [2.45, 2.75) is 52.4 Å². The van der Waals surface area contributed by atoms with Crippen molar-refractivity contribution in [1.29, 1.82) is 0 Å². The van der Waals surface area contributed by atoms with Gasteiger partial charge < -0.3 is 11.1 Å². The topological polar surface area (TPSA) is 55.1 Å². The SMILES string of the molecule is CC1CCCC(CNC(=O)C2(C(N)=S)CC(C)C2)C1. The summed E-state index contributed by atoms with van der Waals surface area (Å²) < 4.78 is 0. The predicted octanol–water partition coefficient (Wildman–Crippen LogP) is 2.63. The van der Waals surface area contributed by atoms with E-state index in [2.05, 4.69) is 19.2 Å². The van der Waals surface area contributed by atoms with Crippen molar-refractivity contribution in [1.82, 2.24) is 5.32 Å². The largest absolute Gasteiger partial charge is 0.392 e. The van der Waals surface area contributed by atoms with Crippen LogP contribution < -0.4 is 11.1 Å². The van der Waals surface area contributed by atoms with Gasteiger partial charge in [0, 0.05) is 6.54 Å². The molecule has 2 aliphatic carbocycles. The van der Waals surface area contributed by atoms with E-state index in [0.29, 0.717) is 16.8 Å². The normalized spacial score (nSPS) is 38.3. The Bertz CT molecular complexity index is 363. The second-order valence-electron chi connectivity index (χ2n) is 6.81. The Hall–Kier alpha value is -0.640. The molecule has 108 valence electrons. The van der Waals surface area contributed by atoms with Gasteiger partial charge in [-0.3, -0.25) is 4.79 Å². The molecule has 2 atom stereocenters. The van der Waals surface area contributed by atoms with Gasteiger partial charge in [0.05, 0.1) is 10.4 Å². The van der Waals surface area contributed by atoms with E-state index in [1.807, 2.05) is 0 Å². The minimum Gasteiger partial charge on any atom is -0.392 e. The van der Waals surface area contributed by atoms with Crippen molar-refractivity contribution in [2.75, 3.05) is 6.54 Å². The van der Waals surface area contributed by atoms with Crippen LogP contribution in [0.1, 0.15) is 52.4 Å². The summed E-state index contributed by atoms with van der Waals surface area (Å²) in [6.07, 6.45) is 6.72. The maximum absolute atomic E-state index is 12.4. The van der Waals surface area contributed by atoms with E-state index < -0.39 is 5.41 Å². The first-order valence-electron chi connectivity index (χ1n) is 7.52. The second-order valence-corrected chi connectivity index (χ2v) is 7.25. The van der Waals surface area contributed by atoms with Crippen LogP contribution in [0.2, 0.25) is 0 Å². The summed E-state index contributed by atoms with van der Waals surface area (Å²) >= 11 is 5.12. The van der Waals surface area contributed by atoms with Crippen molar-refractivity contribution >= 4 is 23.1 Å². The zero-order chi connectivity index (χ0) is 14.0. The summed E-state index contributed by atoms with van der Waals surface area (Å²) in [6.45, 7) is 5.24. The highest BCUT2D eigenvalue weighted by Crippen LogP contribution is 2.46. The lowest BCUT2D eigenvalue weighted by Crippen LogP contribution is -2.56. The fourth-order valence-corrected chi connectivity index (χ4v) is 4.04. The third-order valence-electron chi connectivity index (χ3n) is 4.90. The first-order chi connectivity index (χ1) is 8.94. The van der Waals surface area contributed by atoms with Crippen LogP contribution in [0.4, 0.5) is 0 Å². The fourth-order valence-electron chi connectivity index (χ4n) is 3.78. The van der Waals surface area contributed by atoms with Crippen LogP contribution in [-0.2, 0) is 4.79 Å². The molecule has 2 rings (SSSR count). The summed E-state index contributed by atoms with van der Waals surface area (Å²) in [5.41, 5.74) is 5.25. The number of nitrogens with one attached hydrogen (secondary N) is 1. The van der Waals surface area contributed by atoms with Crippen molar-refractivity contribution < 1.29 is 4.79 Å². The van der Waals surface area contributed by atoms with Crippen LogP contribution in [0.15, 0.2) is 0 Å². The van der Waals surface area contributed by atoms with Gasteiger partial charge in [0.1, 0.15) is 0 Å². The maximum atomic E-state index is 12.4. The number of hydrogen-bond donors (Lipinski definition) is 2. The standard InChI is InChI=1S/C15H26N2OS/c1-10-4-3-5-12(6-10)9-17-14(18)15(13(16)19)7-11(2)8-15/h10-12H,3-9H2,1-2H3,(H2,16,19)(H,17,18). The molecule has 0 aliphatic heterocycles. The molecule has 0 aromatic carbocycles. The van der Waals surface area contributed by atoms with E-state index in [9.17, 15) is 4.79 Å². The van der Waals surface area contributed by atoms with Crippen LogP contribution in [0.3, 0.4) is 0 Å². The Balaban J connectivity index is 1.85. The minimum atomic E-state index is -0.547. The molecule has 0 saturated heterocycles. The lowest BCUT2D eigenvalue weighted by molar-refractivity contribution is -0.133. The zero-order valence-corrected chi connectivity index (χ0v) is 12.9. The quantitative estimate of drug-likeness (QED) is 0.779. The molecule has 1 amide bonds. The Kier molecular flexibility index (Phi) is 4.49. The molecule has 3 nitrogen and oxygen atoms in total. The highest BCUT2D eigenvalue weighted by Gasteiger charge is 2.50. The molecule has 2 unspecified atom stereocenters. The average molecular weight is 282 g/mol. The molecule has 0 aromatic rings. The van der Waals surface area contributed by atoms with E-state index in [1.165, 1.54) is 25.7 Å². The molecular formula is C15H26N2OS. The first kappa shape index (κ1) is 14.8. The number of thiocarbonyl (C=S) groups is 1. The molecule has 0 radical (unpaired) electrons. The summed E-state index contributed by atoms with van der Waals surface area (Å²) in [5, 5.41) is 3.11. The van der Waals surface area contributed by atoms with Crippen LogP contribution in [0, 0.1) is 23.2 Å². The van der Waals surface area contributed by atoms with Gasteiger partial charge in [-0.05, 0) is 43.4 Å². The van der Waals surface area contributed by atoms with Gasteiger partial charge >= 0.3 is 0 Å². The van der Waals surface area contributed by atoms with E-state index in [1.54, 1.807) is 0 Å². The highest BCUT2D eigenvalue weighted by molar-refractivity contribution is 7.80. The number of carbonyl (C=O) groups excluding carboxylic acids is 1. The van der Waals surface area contributed by atoms with Crippen LogP contribution >= 0.6 is 12.2 Å². The molecule has 0 bridgehead atoms. The van der Waals surface area contributed by atoms with E-state index in [4.69, 9.17) is 18.0 Å². The molecule has 3 N–H and O–H groups in total. The fraction of sp³-hybridized carbons (Fsp3) is 0.867. The van der Waals surface area contributed by atoms with Crippen LogP contribution in [-0.4, -0.2) is 17.4 Å². The van der Waals surface area contributed by atoms with Crippen molar-refractivity contribution in [3.05, 3.63) is 0 Å². The van der Waals surface area contributed by atoms with Crippen LogP contribution in [0.5, 0.6) is 0 Å². The van der Waals surface area contributed by atoms with Gasteiger partial charge in [-0.1, -0.05) is 38.9 Å². The monoisotopic (exact) mass is 282 g/mol. The molecule has 2 aliphatic rings. The van der Waals surface area contributed by atoms with E-state index in [-0.39, 0.29) is 5.91 Å². The number of rotatable bonds is 4. The van der Waals surface area contributed by atoms with Gasteiger partial charge in [0.25, 0.3) is 0 Å². The minimum absolute atomic E-state index is 0.0660. The second kappa shape index (κ2) is 5.78. The van der Waals surface area contributed by atoms with Gasteiger partial charge in [-0.15, -0.1) is 0 Å². The first-order valence-corrected chi connectivity index (χ1v) is 7.93. The number of amides is 1. The summed E-state index contributed by atoms with van der Waals surface area (Å²) in [5.74, 6) is 2.05. The van der Waals surface area contributed by atoms with Gasteiger partial charge in [-0.25, -0.2) is 0 Å². The molecule has 0 heterocycles.